The monoisotopic (exact) mass is 266 g/mol. The highest BCUT2D eigenvalue weighted by molar-refractivity contribution is 8.13. The van der Waals surface area contributed by atoms with Crippen molar-refractivity contribution in [3.63, 3.8) is 0 Å². The van der Waals surface area contributed by atoms with Crippen LogP contribution in [-0.2, 0) is 5.75 Å². The Hall–Kier alpha value is -2.00. The third-order valence-corrected chi connectivity index (χ3v) is 3.99. The van der Waals surface area contributed by atoms with E-state index in [4.69, 9.17) is 11.1 Å². The summed E-state index contributed by atoms with van der Waals surface area (Å²) >= 11 is 1.37. The van der Waals surface area contributed by atoms with Crippen LogP contribution >= 0.6 is 11.8 Å². The van der Waals surface area contributed by atoms with E-state index in [1.807, 2.05) is 0 Å². The van der Waals surface area contributed by atoms with Crippen LogP contribution in [0.2, 0.25) is 0 Å². The Morgan fingerprint density at radius 2 is 1.63 bits per heavy atom. The first-order valence-corrected chi connectivity index (χ1v) is 7.10. The van der Waals surface area contributed by atoms with Crippen LogP contribution in [0, 0.1) is 5.41 Å². The van der Waals surface area contributed by atoms with Gasteiger partial charge in [0.25, 0.3) is 0 Å². The van der Waals surface area contributed by atoms with Crippen LogP contribution in [-0.4, -0.2) is 5.17 Å². The van der Waals surface area contributed by atoms with E-state index in [1.165, 1.54) is 38.9 Å². The van der Waals surface area contributed by atoms with E-state index in [0.29, 0.717) is 0 Å². The summed E-state index contributed by atoms with van der Waals surface area (Å²) < 4.78 is 0. The fraction of sp³-hybridized carbons (Fsp3) is 0.0625. The summed E-state index contributed by atoms with van der Waals surface area (Å²) in [5.41, 5.74) is 6.65. The Morgan fingerprint density at radius 1 is 0.947 bits per heavy atom. The second kappa shape index (κ2) is 4.94. The van der Waals surface area contributed by atoms with Gasteiger partial charge in [-0.05, 0) is 39.2 Å². The van der Waals surface area contributed by atoms with E-state index < -0.39 is 0 Å². The lowest BCUT2D eigenvalue weighted by Gasteiger charge is -2.08. The average Bonchev–Trinajstić information content (AvgIpc) is 2.42. The van der Waals surface area contributed by atoms with Crippen LogP contribution < -0.4 is 5.73 Å². The van der Waals surface area contributed by atoms with E-state index in [-0.39, 0.29) is 5.17 Å². The molecule has 0 aliphatic carbocycles. The van der Waals surface area contributed by atoms with Crippen molar-refractivity contribution in [3.8, 4) is 0 Å². The van der Waals surface area contributed by atoms with Crippen LogP contribution in [0.15, 0.2) is 54.6 Å². The zero-order chi connectivity index (χ0) is 13.2. The molecule has 0 aliphatic rings. The van der Waals surface area contributed by atoms with Gasteiger partial charge >= 0.3 is 0 Å². The molecule has 0 unspecified atom stereocenters. The average molecular weight is 266 g/mol. The maximum Gasteiger partial charge on any atom is 0.151 e. The van der Waals surface area contributed by atoms with Gasteiger partial charge in [0, 0.05) is 5.75 Å². The molecule has 0 saturated carbocycles. The molecule has 0 spiro atoms. The van der Waals surface area contributed by atoms with E-state index >= 15 is 0 Å². The number of thioether (sulfide) groups is 1. The topological polar surface area (TPSA) is 49.9 Å². The van der Waals surface area contributed by atoms with E-state index in [0.717, 1.165) is 5.75 Å². The molecular weight excluding hydrogens is 252 g/mol. The quantitative estimate of drug-likeness (QED) is 0.416. The van der Waals surface area contributed by atoms with Gasteiger partial charge in [-0.2, -0.15) is 0 Å². The molecular formula is C16H14N2S. The molecule has 19 heavy (non-hydrogen) atoms. The van der Waals surface area contributed by atoms with E-state index in [9.17, 15) is 0 Å². The van der Waals surface area contributed by atoms with Crippen molar-refractivity contribution in [2.24, 2.45) is 5.73 Å². The van der Waals surface area contributed by atoms with Crippen molar-refractivity contribution in [3.05, 3.63) is 60.2 Å². The molecule has 0 heterocycles. The molecule has 3 aromatic rings. The molecule has 3 aromatic carbocycles. The Bertz CT molecular complexity index is 765. The van der Waals surface area contributed by atoms with Gasteiger partial charge in [0.05, 0.1) is 0 Å². The second-order valence-corrected chi connectivity index (χ2v) is 5.51. The minimum atomic E-state index is 0.165. The summed E-state index contributed by atoms with van der Waals surface area (Å²) in [6.07, 6.45) is 0. The van der Waals surface area contributed by atoms with Gasteiger partial charge in [0.1, 0.15) is 0 Å². The molecule has 0 aromatic heterocycles. The minimum Gasteiger partial charge on any atom is -0.379 e. The zero-order valence-corrected chi connectivity index (χ0v) is 11.2. The number of fused-ring (bicyclic) bond motifs is 2. The highest BCUT2D eigenvalue weighted by atomic mass is 32.2. The molecule has 0 atom stereocenters. The highest BCUT2D eigenvalue weighted by Crippen LogP contribution is 2.27. The Kier molecular flexibility index (Phi) is 3.13. The summed E-state index contributed by atoms with van der Waals surface area (Å²) in [4.78, 5) is 0. The molecule has 0 radical (unpaired) electrons. The summed E-state index contributed by atoms with van der Waals surface area (Å²) in [6, 6.07) is 19.1. The van der Waals surface area contributed by atoms with Crippen molar-refractivity contribution >= 4 is 38.5 Å². The molecule has 0 amide bonds. The van der Waals surface area contributed by atoms with Gasteiger partial charge in [-0.25, -0.2) is 0 Å². The predicted molar refractivity (Wildman–Crippen MR) is 84.7 cm³/mol. The molecule has 3 heteroatoms. The van der Waals surface area contributed by atoms with Crippen molar-refractivity contribution in [1.82, 2.24) is 0 Å². The van der Waals surface area contributed by atoms with E-state index in [1.54, 1.807) is 0 Å². The molecule has 94 valence electrons. The van der Waals surface area contributed by atoms with Crippen molar-refractivity contribution in [1.29, 1.82) is 5.41 Å². The van der Waals surface area contributed by atoms with Crippen LogP contribution in [0.5, 0.6) is 0 Å². The van der Waals surface area contributed by atoms with Gasteiger partial charge in [0.15, 0.2) is 5.17 Å². The number of rotatable bonds is 2. The largest absolute Gasteiger partial charge is 0.379 e. The van der Waals surface area contributed by atoms with E-state index in [2.05, 4.69) is 54.6 Å². The van der Waals surface area contributed by atoms with Crippen molar-refractivity contribution < 1.29 is 0 Å². The number of nitrogens with two attached hydrogens (primary N) is 1. The third-order valence-electron chi connectivity index (χ3n) is 3.22. The van der Waals surface area contributed by atoms with Gasteiger partial charge in [-0.15, -0.1) is 0 Å². The normalized spacial score (nSPS) is 10.9. The number of nitrogens with one attached hydrogen (secondary N) is 1. The fourth-order valence-corrected chi connectivity index (χ4v) is 2.88. The van der Waals surface area contributed by atoms with Crippen LogP contribution in [0.4, 0.5) is 0 Å². The standard InChI is InChI=1S/C16H14N2S/c17-16(18)19-10-14-7-3-6-13-8-11-4-1-2-5-12(11)9-15(13)14/h1-9H,10H2,(H3,17,18). The number of hydrogen-bond donors (Lipinski definition) is 2. The number of hydrogen-bond acceptors (Lipinski definition) is 2. The fourth-order valence-electron chi connectivity index (χ4n) is 2.31. The van der Waals surface area contributed by atoms with Crippen LogP contribution in [0.25, 0.3) is 21.5 Å². The molecule has 3 rings (SSSR count). The maximum absolute atomic E-state index is 7.32. The van der Waals surface area contributed by atoms with Gasteiger partial charge in [0.2, 0.25) is 0 Å². The highest BCUT2D eigenvalue weighted by Gasteiger charge is 2.04. The van der Waals surface area contributed by atoms with Gasteiger partial charge < -0.3 is 5.73 Å². The number of benzene rings is 3. The SMILES string of the molecule is N=C(N)SCc1cccc2cc3ccccc3cc12. The molecule has 0 fully saturated rings. The predicted octanol–water partition coefficient (Wildman–Crippen LogP) is 4.12. The lowest BCUT2D eigenvalue weighted by molar-refractivity contribution is 1.46. The van der Waals surface area contributed by atoms with Crippen LogP contribution in [0.1, 0.15) is 5.56 Å². The minimum absolute atomic E-state index is 0.165. The first-order chi connectivity index (χ1) is 9.24. The Balaban J connectivity index is 2.17. The Labute approximate surface area is 116 Å². The lowest BCUT2D eigenvalue weighted by atomic mass is 10.0. The first-order valence-electron chi connectivity index (χ1n) is 6.11. The summed E-state index contributed by atoms with van der Waals surface area (Å²) in [5.74, 6) is 0.741. The maximum atomic E-state index is 7.32. The molecule has 3 N–H and O–H groups in total. The number of amidine groups is 1. The lowest BCUT2D eigenvalue weighted by Crippen LogP contribution is -2.03. The molecule has 0 bridgehead atoms. The molecule has 0 saturated heterocycles. The summed E-state index contributed by atoms with van der Waals surface area (Å²) in [6.45, 7) is 0. The molecule has 0 aliphatic heterocycles. The van der Waals surface area contributed by atoms with Gasteiger partial charge in [-0.3, -0.25) is 5.41 Å². The summed E-state index contributed by atoms with van der Waals surface area (Å²) in [5, 5.41) is 12.5. The van der Waals surface area contributed by atoms with Gasteiger partial charge in [-0.1, -0.05) is 54.2 Å². The van der Waals surface area contributed by atoms with Crippen LogP contribution in [0.3, 0.4) is 0 Å². The smallest absolute Gasteiger partial charge is 0.151 e. The summed E-state index contributed by atoms with van der Waals surface area (Å²) in [7, 11) is 0. The second-order valence-electron chi connectivity index (χ2n) is 4.49. The first kappa shape index (κ1) is 12.1. The zero-order valence-electron chi connectivity index (χ0n) is 10.4. The third kappa shape index (κ3) is 2.42. The van der Waals surface area contributed by atoms with Crippen molar-refractivity contribution in [2.75, 3.05) is 0 Å². The molecule has 2 nitrogen and oxygen atoms in total. The van der Waals surface area contributed by atoms with Crippen molar-refractivity contribution in [2.45, 2.75) is 5.75 Å². The Morgan fingerprint density at radius 3 is 2.37 bits per heavy atom.